The summed E-state index contributed by atoms with van der Waals surface area (Å²) in [7, 11) is 0. The van der Waals surface area contributed by atoms with E-state index in [-0.39, 0.29) is 5.91 Å². The topological polar surface area (TPSA) is 72.9 Å². The molecule has 2 aromatic rings. The summed E-state index contributed by atoms with van der Waals surface area (Å²) in [6, 6.07) is 7.17. The highest BCUT2D eigenvalue weighted by atomic mass is 16.1. The predicted molar refractivity (Wildman–Crippen MR) is 83.1 cm³/mol. The Bertz CT molecular complexity index is 658. The van der Waals surface area contributed by atoms with Crippen molar-refractivity contribution in [1.82, 2.24) is 9.55 Å². The van der Waals surface area contributed by atoms with Crippen LogP contribution >= 0.6 is 0 Å². The van der Waals surface area contributed by atoms with Crippen LogP contribution in [-0.2, 0) is 24.2 Å². The fourth-order valence-electron chi connectivity index (χ4n) is 2.86. The molecule has 0 radical (unpaired) electrons. The Morgan fingerprint density at radius 3 is 2.76 bits per heavy atom. The highest BCUT2D eigenvalue weighted by molar-refractivity contribution is 5.90. The maximum Gasteiger partial charge on any atom is 0.244 e. The Morgan fingerprint density at radius 1 is 1.29 bits per heavy atom. The Balaban J connectivity index is 1.73. The molecule has 0 bridgehead atoms. The number of anilines is 2. The molecule has 1 heterocycles. The molecule has 0 saturated heterocycles. The molecule has 1 aliphatic carbocycles. The van der Waals surface area contributed by atoms with Gasteiger partial charge >= 0.3 is 0 Å². The van der Waals surface area contributed by atoms with Crippen molar-refractivity contribution in [2.75, 3.05) is 11.1 Å². The lowest BCUT2D eigenvalue weighted by Gasteiger charge is -2.14. The van der Waals surface area contributed by atoms with E-state index in [0.29, 0.717) is 12.2 Å². The number of nitrogens with zero attached hydrogens (tertiary/aromatic N) is 2. The summed E-state index contributed by atoms with van der Waals surface area (Å²) in [6.07, 6.45) is 4.42. The van der Waals surface area contributed by atoms with Crippen LogP contribution in [0.3, 0.4) is 0 Å². The van der Waals surface area contributed by atoms with Gasteiger partial charge in [0.1, 0.15) is 12.4 Å². The molecule has 1 aromatic carbocycles. The Morgan fingerprint density at radius 2 is 2.00 bits per heavy atom. The van der Waals surface area contributed by atoms with Crippen LogP contribution in [0.4, 0.5) is 11.4 Å². The number of rotatable bonds is 3. The molecule has 21 heavy (non-hydrogen) atoms. The second-order valence-corrected chi connectivity index (χ2v) is 5.52. The molecule has 3 N–H and O–H groups in total. The number of nitrogens with one attached hydrogen (secondary N) is 1. The van der Waals surface area contributed by atoms with Crippen LogP contribution in [0, 0.1) is 6.92 Å². The summed E-state index contributed by atoms with van der Waals surface area (Å²) in [5, 5.41) is 2.90. The molecule has 1 aliphatic rings. The van der Waals surface area contributed by atoms with E-state index in [0.717, 1.165) is 24.4 Å². The second-order valence-electron chi connectivity index (χ2n) is 5.52. The fourth-order valence-corrected chi connectivity index (χ4v) is 2.86. The Labute approximate surface area is 124 Å². The van der Waals surface area contributed by atoms with E-state index in [1.807, 2.05) is 23.6 Å². The van der Waals surface area contributed by atoms with Crippen molar-refractivity contribution in [2.45, 2.75) is 39.2 Å². The third kappa shape index (κ3) is 2.91. The highest BCUT2D eigenvalue weighted by Gasteiger charge is 2.19. The van der Waals surface area contributed by atoms with Gasteiger partial charge in [-0.1, -0.05) is 0 Å². The van der Waals surface area contributed by atoms with E-state index in [1.165, 1.54) is 24.2 Å². The van der Waals surface area contributed by atoms with E-state index in [1.54, 1.807) is 12.1 Å². The number of hydrogen-bond donors (Lipinski definition) is 2. The van der Waals surface area contributed by atoms with Crippen molar-refractivity contribution < 1.29 is 4.79 Å². The lowest BCUT2D eigenvalue weighted by atomic mass is 10.0. The zero-order chi connectivity index (χ0) is 14.8. The minimum atomic E-state index is -0.0337. The summed E-state index contributed by atoms with van der Waals surface area (Å²) >= 11 is 0. The van der Waals surface area contributed by atoms with Crippen molar-refractivity contribution in [1.29, 1.82) is 0 Å². The SMILES string of the molecule is Cc1nc2c(n1CC(=O)Nc1ccc(N)cc1)CCCC2. The molecule has 0 unspecified atom stereocenters. The van der Waals surface area contributed by atoms with Gasteiger partial charge in [0, 0.05) is 17.1 Å². The molecule has 5 heteroatoms. The molecule has 5 nitrogen and oxygen atoms in total. The molecule has 110 valence electrons. The van der Waals surface area contributed by atoms with Crippen LogP contribution in [0.15, 0.2) is 24.3 Å². The van der Waals surface area contributed by atoms with Crippen LogP contribution in [0.1, 0.15) is 30.1 Å². The quantitative estimate of drug-likeness (QED) is 0.849. The maximum absolute atomic E-state index is 12.2. The molecule has 0 atom stereocenters. The summed E-state index contributed by atoms with van der Waals surface area (Å²) < 4.78 is 2.04. The third-order valence-corrected chi connectivity index (χ3v) is 3.92. The number of amides is 1. The number of carbonyl (C=O) groups is 1. The lowest BCUT2D eigenvalue weighted by Crippen LogP contribution is -2.21. The standard InChI is InChI=1S/C16H20N4O/c1-11-18-14-4-2-3-5-15(14)20(11)10-16(21)19-13-8-6-12(17)7-9-13/h6-9H,2-5,10,17H2,1H3,(H,19,21). The van der Waals surface area contributed by atoms with Crippen molar-refractivity contribution in [3.05, 3.63) is 41.5 Å². The van der Waals surface area contributed by atoms with Gasteiger partial charge in [0.25, 0.3) is 0 Å². The number of imidazole rings is 1. The van der Waals surface area contributed by atoms with Gasteiger partial charge in [-0.05, 0) is 56.9 Å². The van der Waals surface area contributed by atoms with E-state index in [2.05, 4.69) is 10.3 Å². The first-order chi connectivity index (χ1) is 10.1. The van der Waals surface area contributed by atoms with Crippen molar-refractivity contribution in [2.24, 2.45) is 0 Å². The average molecular weight is 284 g/mol. The Kier molecular flexibility index (Phi) is 3.64. The van der Waals surface area contributed by atoms with Gasteiger partial charge in [-0.25, -0.2) is 4.98 Å². The van der Waals surface area contributed by atoms with Gasteiger partial charge in [-0.15, -0.1) is 0 Å². The number of fused-ring (bicyclic) bond motifs is 1. The van der Waals surface area contributed by atoms with Crippen molar-refractivity contribution in [3.63, 3.8) is 0 Å². The molecule has 1 amide bonds. The molecule has 0 saturated carbocycles. The number of nitrogens with two attached hydrogens (primary N) is 1. The van der Waals surface area contributed by atoms with Crippen LogP contribution in [0.5, 0.6) is 0 Å². The van der Waals surface area contributed by atoms with E-state index in [9.17, 15) is 4.79 Å². The maximum atomic E-state index is 12.2. The normalized spacial score (nSPS) is 13.8. The minimum Gasteiger partial charge on any atom is -0.399 e. The smallest absolute Gasteiger partial charge is 0.244 e. The highest BCUT2D eigenvalue weighted by Crippen LogP contribution is 2.22. The summed E-state index contributed by atoms with van der Waals surface area (Å²) in [6.45, 7) is 2.29. The first-order valence-corrected chi connectivity index (χ1v) is 7.34. The average Bonchev–Trinajstić information content (AvgIpc) is 2.78. The zero-order valence-electron chi connectivity index (χ0n) is 12.2. The third-order valence-electron chi connectivity index (χ3n) is 3.92. The molecule has 0 fully saturated rings. The number of carbonyl (C=O) groups excluding carboxylic acids is 1. The zero-order valence-corrected chi connectivity index (χ0v) is 12.2. The monoisotopic (exact) mass is 284 g/mol. The Hall–Kier alpha value is -2.30. The number of aryl methyl sites for hydroxylation is 2. The predicted octanol–water partition coefficient (Wildman–Crippen LogP) is 2.29. The van der Waals surface area contributed by atoms with E-state index < -0.39 is 0 Å². The molecule has 0 aliphatic heterocycles. The number of nitrogen functional groups attached to an aromatic ring is 1. The number of aromatic nitrogens is 2. The van der Waals surface area contributed by atoms with Crippen LogP contribution in [0.25, 0.3) is 0 Å². The van der Waals surface area contributed by atoms with Gasteiger partial charge < -0.3 is 15.6 Å². The van der Waals surface area contributed by atoms with E-state index >= 15 is 0 Å². The minimum absolute atomic E-state index is 0.0337. The van der Waals surface area contributed by atoms with Gasteiger partial charge in [-0.3, -0.25) is 4.79 Å². The largest absolute Gasteiger partial charge is 0.399 e. The second kappa shape index (κ2) is 5.60. The van der Waals surface area contributed by atoms with Crippen LogP contribution in [0.2, 0.25) is 0 Å². The van der Waals surface area contributed by atoms with Gasteiger partial charge in [0.2, 0.25) is 5.91 Å². The molecule has 1 aromatic heterocycles. The van der Waals surface area contributed by atoms with Gasteiger partial charge in [0.05, 0.1) is 5.69 Å². The van der Waals surface area contributed by atoms with Crippen molar-refractivity contribution >= 4 is 17.3 Å². The number of benzene rings is 1. The first kappa shape index (κ1) is 13.7. The molecular weight excluding hydrogens is 264 g/mol. The van der Waals surface area contributed by atoms with Crippen LogP contribution in [-0.4, -0.2) is 15.5 Å². The van der Waals surface area contributed by atoms with E-state index in [4.69, 9.17) is 5.73 Å². The fraction of sp³-hybridized carbons (Fsp3) is 0.375. The molecule has 3 rings (SSSR count). The van der Waals surface area contributed by atoms with Gasteiger partial charge in [0.15, 0.2) is 0 Å². The van der Waals surface area contributed by atoms with Crippen LogP contribution < -0.4 is 11.1 Å². The summed E-state index contributed by atoms with van der Waals surface area (Å²) in [4.78, 5) is 16.8. The summed E-state index contributed by atoms with van der Waals surface area (Å²) in [5.74, 6) is 0.892. The van der Waals surface area contributed by atoms with Crippen molar-refractivity contribution in [3.8, 4) is 0 Å². The van der Waals surface area contributed by atoms with Gasteiger partial charge in [-0.2, -0.15) is 0 Å². The number of hydrogen-bond acceptors (Lipinski definition) is 3. The molecule has 0 spiro atoms. The first-order valence-electron chi connectivity index (χ1n) is 7.34. The summed E-state index contributed by atoms with van der Waals surface area (Å²) in [5.41, 5.74) is 9.48. The molecular formula is C16H20N4O. The lowest BCUT2D eigenvalue weighted by molar-refractivity contribution is -0.116.